The first-order valence-corrected chi connectivity index (χ1v) is 3.86. The van der Waals surface area contributed by atoms with Gasteiger partial charge in [0.05, 0.1) is 18.8 Å². The number of hydrogen-bond donors (Lipinski definition) is 1. The van der Waals surface area contributed by atoms with Crippen LogP contribution in [-0.2, 0) is 6.61 Å². The zero-order valence-electron chi connectivity index (χ0n) is 7.44. The van der Waals surface area contributed by atoms with Gasteiger partial charge in [-0.1, -0.05) is 5.92 Å². The molecule has 13 heavy (non-hydrogen) atoms. The van der Waals surface area contributed by atoms with E-state index in [1.807, 2.05) is 7.05 Å². The highest BCUT2D eigenvalue weighted by Gasteiger charge is 2.00. The molecule has 0 aromatic carbocycles. The average molecular weight is 177 g/mol. The minimum absolute atomic E-state index is 0.0911. The summed E-state index contributed by atoms with van der Waals surface area (Å²) in [6.07, 6.45) is 5.14. The van der Waals surface area contributed by atoms with E-state index < -0.39 is 0 Å². The van der Waals surface area contributed by atoms with Gasteiger partial charge in [-0.15, -0.1) is 11.5 Å². The lowest BCUT2D eigenvalue weighted by Gasteiger charge is -2.13. The fourth-order valence-electron chi connectivity index (χ4n) is 0.859. The molecule has 0 amide bonds. The van der Waals surface area contributed by atoms with Crippen LogP contribution in [0.4, 0.5) is 5.82 Å². The van der Waals surface area contributed by atoms with Gasteiger partial charge in [0.1, 0.15) is 0 Å². The van der Waals surface area contributed by atoms with E-state index in [9.17, 15) is 0 Å². The first kappa shape index (κ1) is 9.49. The van der Waals surface area contributed by atoms with E-state index in [4.69, 9.17) is 11.5 Å². The largest absolute Gasteiger partial charge is 0.390 e. The highest BCUT2D eigenvalue weighted by Crippen LogP contribution is 2.06. The van der Waals surface area contributed by atoms with Crippen molar-refractivity contribution in [3.05, 3.63) is 17.8 Å². The Morgan fingerprint density at radius 1 is 1.54 bits per heavy atom. The number of nitrogens with zero attached hydrogens (tertiary/aromatic N) is 3. The van der Waals surface area contributed by atoms with Crippen molar-refractivity contribution in [2.45, 2.75) is 6.61 Å². The summed E-state index contributed by atoms with van der Waals surface area (Å²) in [6, 6.07) is 3.49. The topological polar surface area (TPSA) is 49.2 Å². The second-order valence-electron chi connectivity index (χ2n) is 2.60. The van der Waals surface area contributed by atoms with Crippen molar-refractivity contribution < 1.29 is 5.11 Å². The molecule has 0 unspecified atom stereocenters. The fraction of sp³-hybridized carbons (Fsp3) is 0.333. The molecule has 0 saturated carbocycles. The van der Waals surface area contributed by atoms with Gasteiger partial charge in [0, 0.05) is 7.05 Å². The number of aliphatic hydroxyl groups is 1. The van der Waals surface area contributed by atoms with Gasteiger partial charge in [0.15, 0.2) is 5.82 Å². The number of aliphatic hydroxyl groups excluding tert-OH is 1. The lowest BCUT2D eigenvalue weighted by Crippen LogP contribution is -2.18. The molecule has 0 aliphatic heterocycles. The van der Waals surface area contributed by atoms with Crippen LogP contribution in [0.1, 0.15) is 5.69 Å². The Kier molecular flexibility index (Phi) is 3.23. The molecule has 4 heteroatoms. The third kappa shape index (κ3) is 2.42. The number of aromatic nitrogens is 2. The zero-order chi connectivity index (χ0) is 9.68. The Bertz CT molecular complexity index is 302. The molecule has 1 N–H and O–H groups in total. The third-order valence-corrected chi connectivity index (χ3v) is 1.59. The third-order valence-electron chi connectivity index (χ3n) is 1.59. The molecule has 0 aliphatic carbocycles. The number of anilines is 1. The van der Waals surface area contributed by atoms with Crippen LogP contribution in [-0.4, -0.2) is 28.9 Å². The second-order valence-corrected chi connectivity index (χ2v) is 2.60. The lowest BCUT2D eigenvalue weighted by atomic mass is 10.4. The molecule has 0 aliphatic rings. The highest BCUT2D eigenvalue weighted by atomic mass is 16.3. The Morgan fingerprint density at radius 2 is 2.31 bits per heavy atom. The monoisotopic (exact) mass is 177 g/mol. The fourth-order valence-corrected chi connectivity index (χ4v) is 0.859. The number of rotatable bonds is 3. The van der Waals surface area contributed by atoms with E-state index in [1.54, 1.807) is 17.0 Å². The minimum Gasteiger partial charge on any atom is -0.390 e. The zero-order valence-corrected chi connectivity index (χ0v) is 7.44. The van der Waals surface area contributed by atoms with Crippen LogP contribution in [0, 0.1) is 12.3 Å². The first-order chi connectivity index (χ1) is 6.27. The smallest absolute Gasteiger partial charge is 0.151 e. The summed E-state index contributed by atoms with van der Waals surface area (Å²) in [4.78, 5) is 1.80. The highest BCUT2D eigenvalue weighted by molar-refractivity contribution is 5.37. The van der Waals surface area contributed by atoms with Crippen molar-refractivity contribution in [1.82, 2.24) is 10.2 Å². The molecule has 0 fully saturated rings. The lowest BCUT2D eigenvalue weighted by molar-refractivity contribution is 0.275. The van der Waals surface area contributed by atoms with Crippen molar-refractivity contribution in [3.8, 4) is 12.3 Å². The van der Waals surface area contributed by atoms with Crippen LogP contribution in [0.15, 0.2) is 12.1 Å². The SMILES string of the molecule is C#CCN(C)c1ccc(CO)nn1. The number of terminal acetylenes is 1. The van der Waals surface area contributed by atoms with E-state index in [0.29, 0.717) is 18.1 Å². The molecule has 1 rings (SSSR count). The predicted octanol–water partition coefficient (Wildman–Crippen LogP) is 0.0383. The van der Waals surface area contributed by atoms with E-state index >= 15 is 0 Å². The van der Waals surface area contributed by atoms with E-state index in [1.165, 1.54) is 0 Å². The van der Waals surface area contributed by atoms with Gasteiger partial charge in [-0.25, -0.2) is 0 Å². The molecule has 4 nitrogen and oxygen atoms in total. The van der Waals surface area contributed by atoms with Crippen LogP contribution in [0.3, 0.4) is 0 Å². The molecule has 0 radical (unpaired) electrons. The molecular formula is C9H11N3O. The molecule has 0 bridgehead atoms. The molecular weight excluding hydrogens is 166 g/mol. The summed E-state index contributed by atoms with van der Waals surface area (Å²) in [5, 5.41) is 16.4. The quantitative estimate of drug-likeness (QED) is 0.662. The molecule has 1 aromatic heterocycles. The molecule has 1 aromatic rings. The van der Waals surface area contributed by atoms with Crippen molar-refractivity contribution in [1.29, 1.82) is 0 Å². The van der Waals surface area contributed by atoms with Crippen molar-refractivity contribution in [3.63, 3.8) is 0 Å². The molecule has 0 atom stereocenters. The maximum Gasteiger partial charge on any atom is 0.151 e. The number of hydrogen-bond acceptors (Lipinski definition) is 4. The van der Waals surface area contributed by atoms with Gasteiger partial charge in [-0.05, 0) is 12.1 Å². The van der Waals surface area contributed by atoms with Crippen LogP contribution in [0.5, 0.6) is 0 Å². The summed E-state index contributed by atoms with van der Waals surface area (Å²) >= 11 is 0. The minimum atomic E-state index is -0.0911. The molecule has 0 saturated heterocycles. The summed E-state index contributed by atoms with van der Waals surface area (Å²) < 4.78 is 0. The average Bonchev–Trinajstić information content (AvgIpc) is 2.18. The van der Waals surface area contributed by atoms with Gasteiger partial charge in [0.2, 0.25) is 0 Å². The predicted molar refractivity (Wildman–Crippen MR) is 50.1 cm³/mol. The van der Waals surface area contributed by atoms with Crippen molar-refractivity contribution >= 4 is 5.82 Å². The van der Waals surface area contributed by atoms with Crippen LogP contribution in [0.25, 0.3) is 0 Å². The van der Waals surface area contributed by atoms with Gasteiger partial charge >= 0.3 is 0 Å². The molecule has 0 spiro atoms. The van der Waals surface area contributed by atoms with E-state index in [0.717, 1.165) is 0 Å². The summed E-state index contributed by atoms with van der Waals surface area (Å²) in [5.41, 5.74) is 0.554. The standard InChI is InChI=1S/C9H11N3O/c1-3-6-12(2)9-5-4-8(7-13)10-11-9/h1,4-5,13H,6-7H2,2H3. The first-order valence-electron chi connectivity index (χ1n) is 3.86. The second kappa shape index (κ2) is 4.43. The van der Waals surface area contributed by atoms with Crippen LogP contribution in [0.2, 0.25) is 0 Å². The van der Waals surface area contributed by atoms with Gasteiger partial charge in [-0.3, -0.25) is 0 Å². The maximum atomic E-state index is 8.72. The van der Waals surface area contributed by atoms with Crippen molar-refractivity contribution in [2.75, 3.05) is 18.5 Å². The van der Waals surface area contributed by atoms with Gasteiger partial charge < -0.3 is 10.0 Å². The molecule has 1 heterocycles. The van der Waals surface area contributed by atoms with Crippen molar-refractivity contribution in [2.24, 2.45) is 0 Å². The van der Waals surface area contributed by atoms with Gasteiger partial charge in [0.25, 0.3) is 0 Å². The van der Waals surface area contributed by atoms with E-state index in [2.05, 4.69) is 16.1 Å². The van der Waals surface area contributed by atoms with Gasteiger partial charge in [-0.2, -0.15) is 5.10 Å². The van der Waals surface area contributed by atoms with Crippen LogP contribution >= 0.6 is 0 Å². The van der Waals surface area contributed by atoms with E-state index in [-0.39, 0.29) is 6.61 Å². The Hall–Kier alpha value is -1.60. The summed E-state index contributed by atoms with van der Waals surface area (Å²) in [7, 11) is 1.84. The Balaban J connectivity index is 2.74. The maximum absolute atomic E-state index is 8.72. The molecule has 68 valence electrons. The summed E-state index contributed by atoms with van der Waals surface area (Å²) in [6.45, 7) is 0.402. The summed E-state index contributed by atoms with van der Waals surface area (Å²) in [5.74, 6) is 3.21. The Morgan fingerprint density at radius 3 is 2.77 bits per heavy atom. The Labute approximate surface area is 77.2 Å². The normalized spacial score (nSPS) is 9.31. The van der Waals surface area contributed by atoms with Crippen LogP contribution < -0.4 is 4.90 Å².